The highest BCUT2D eigenvalue weighted by Crippen LogP contribution is 2.21. The van der Waals surface area contributed by atoms with Crippen molar-refractivity contribution in [3.05, 3.63) is 83.2 Å². The van der Waals surface area contributed by atoms with Crippen LogP contribution in [0.2, 0.25) is 0 Å². The van der Waals surface area contributed by atoms with Crippen LogP contribution in [0.15, 0.2) is 66.1 Å². The lowest BCUT2D eigenvalue weighted by atomic mass is 10.1. The predicted molar refractivity (Wildman–Crippen MR) is 102 cm³/mol. The monoisotopic (exact) mass is 349 g/mol. The molecule has 0 aliphatic heterocycles. The van der Waals surface area contributed by atoms with E-state index in [1.165, 1.54) is 0 Å². The van der Waals surface area contributed by atoms with Gasteiger partial charge in [0.15, 0.2) is 5.16 Å². The van der Waals surface area contributed by atoms with Crippen LogP contribution < -0.4 is 5.32 Å². The summed E-state index contributed by atoms with van der Waals surface area (Å²) < 4.78 is 0. The van der Waals surface area contributed by atoms with Gasteiger partial charge in [-0.3, -0.25) is 4.79 Å². The fraction of sp³-hybridized carbons (Fsp3) is 0.150. The van der Waals surface area contributed by atoms with E-state index in [0.717, 1.165) is 33.3 Å². The number of aromatic nitrogens is 2. The molecule has 25 heavy (non-hydrogen) atoms. The number of aryl methyl sites for hydroxylation is 2. The van der Waals surface area contributed by atoms with Crippen LogP contribution in [0.5, 0.6) is 0 Å². The van der Waals surface area contributed by atoms with Gasteiger partial charge in [0.2, 0.25) is 0 Å². The highest BCUT2D eigenvalue weighted by atomic mass is 32.2. The van der Waals surface area contributed by atoms with Crippen LogP contribution in [-0.4, -0.2) is 15.9 Å². The van der Waals surface area contributed by atoms with Gasteiger partial charge in [-0.1, -0.05) is 42.1 Å². The van der Waals surface area contributed by atoms with Crippen LogP contribution in [-0.2, 0) is 5.75 Å². The molecule has 4 nitrogen and oxygen atoms in total. The Balaban J connectivity index is 1.64. The average molecular weight is 349 g/mol. The van der Waals surface area contributed by atoms with Crippen LogP contribution in [0, 0.1) is 13.8 Å². The van der Waals surface area contributed by atoms with Crippen molar-refractivity contribution in [2.75, 3.05) is 5.32 Å². The number of carbonyl (C=O) groups is 1. The van der Waals surface area contributed by atoms with Crippen molar-refractivity contribution < 1.29 is 4.79 Å². The van der Waals surface area contributed by atoms with E-state index in [-0.39, 0.29) is 5.91 Å². The fourth-order valence-corrected chi connectivity index (χ4v) is 3.22. The summed E-state index contributed by atoms with van der Waals surface area (Å²) in [6.45, 7) is 3.99. The third kappa shape index (κ3) is 4.45. The molecule has 2 aromatic carbocycles. The summed E-state index contributed by atoms with van der Waals surface area (Å²) in [5, 5.41) is 3.76. The van der Waals surface area contributed by atoms with E-state index in [2.05, 4.69) is 15.3 Å². The van der Waals surface area contributed by atoms with E-state index in [1.807, 2.05) is 56.3 Å². The first kappa shape index (κ1) is 17.2. The third-order valence-electron chi connectivity index (χ3n) is 3.85. The molecular formula is C20H19N3OS. The zero-order valence-electron chi connectivity index (χ0n) is 14.2. The van der Waals surface area contributed by atoms with Crippen molar-refractivity contribution >= 4 is 23.4 Å². The van der Waals surface area contributed by atoms with Crippen molar-refractivity contribution in [3.63, 3.8) is 0 Å². The Bertz CT molecular complexity index is 844. The molecular weight excluding hydrogens is 330 g/mol. The highest BCUT2D eigenvalue weighted by molar-refractivity contribution is 7.98. The van der Waals surface area contributed by atoms with E-state index in [9.17, 15) is 4.79 Å². The van der Waals surface area contributed by atoms with Crippen LogP contribution in [0.25, 0.3) is 0 Å². The minimum absolute atomic E-state index is 0.0944. The van der Waals surface area contributed by atoms with Gasteiger partial charge < -0.3 is 5.32 Å². The molecule has 0 spiro atoms. The molecule has 0 aliphatic carbocycles. The van der Waals surface area contributed by atoms with Crippen molar-refractivity contribution in [1.82, 2.24) is 9.97 Å². The average Bonchev–Trinajstić information content (AvgIpc) is 2.64. The first-order valence-corrected chi connectivity index (χ1v) is 8.98. The van der Waals surface area contributed by atoms with Gasteiger partial charge in [-0.05, 0) is 48.7 Å². The second-order valence-electron chi connectivity index (χ2n) is 5.74. The Hall–Kier alpha value is -2.66. The van der Waals surface area contributed by atoms with Crippen molar-refractivity contribution in [2.24, 2.45) is 0 Å². The molecule has 1 amide bonds. The summed E-state index contributed by atoms with van der Waals surface area (Å²) in [4.78, 5) is 20.9. The van der Waals surface area contributed by atoms with Gasteiger partial charge in [-0.15, -0.1) is 0 Å². The number of benzene rings is 2. The van der Waals surface area contributed by atoms with Crippen LogP contribution in [0.1, 0.15) is 27.0 Å². The quantitative estimate of drug-likeness (QED) is 0.539. The van der Waals surface area contributed by atoms with E-state index in [1.54, 1.807) is 30.2 Å². The molecule has 5 heteroatoms. The first-order chi connectivity index (χ1) is 12.1. The van der Waals surface area contributed by atoms with Crippen LogP contribution in [0.4, 0.5) is 5.69 Å². The van der Waals surface area contributed by atoms with E-state index in [4.69, 9.17) is 0 Å². The first-order valence-electron chi connectivity index (χ1n) is 8.00. The maximum Gasteiger partial charge on any atom is 0.255 e. The molecule has 3 rings (SSSR count). The molecule has 0 atom stereocenters. The number of rotatable bonds is 5. The minimum Gasteiger partial charge on any atom is -0.322 e. The van der Waals surface area contributed by atoms with E-state index < -0.39 is 0 Å². The number of amides is 1. The summed E-state index contributed by atoms with van der Waals surface area (Å²) in [5.41, 5.74) is 4.77. The van der Waals surface area contributed by atoms with Gasteiger partial charge in [-0.25, -0.2) is 9.97 Å². The Morgan fingerprint density at radius 1 is 0.960 bits per heavy atom. The van der Waals surface area contributed by atoms with Gasteiger partial charge in [0.1, 0.15) is 0 Å². The SMILES string of the molecule is Cc1cccc(C)c1NC(=O)c1ccc(CSc2ncccn2)cc1. The summed E-state index contributed by atoms with van der Waals surface area (Å²) in [7, 11) is 0. The van der Waals surface area contributed by atoms with Gasteiger partial charge >= 0.3 is 0 Å². The van der Waals surface area contributed by atoms with Gasteiger partial charge in [-0.2, -0.15) is 0 Å². The second kappa shape index (κ2) is 7.94. The molecule has 3 aromatic rings. The number of hydrogen-bond donors (Lipinski definition) is 1. The number of nitrogens with one attached hydrogen (secondary N) is 1. The standard InChI is InChI=1S/C20H19N3OS/c1-14-5-3-6-15(2)18(14)23-19(24)17-9-7-16(8-10-17)13-25-20-21-11-4-12-22-20/h3-12H,13H2,1-2H3,(H,23,24). The number of para-hydroxylation sites is 1. The van der Waals surface area contributed by atoms with E-state index in [0.29, 0.717) is 5.56 Å². The summed E-state index contributed by atoms with van der Waals surface area (Å²) in [6, 6.07) is 15.4. The molecule has 126 valence electrons. The molecule has 1 N–H and O–H groups in total. The van der Waals surface area contributed by atoms with Crippen molar-refractivity contribution in [3.8, 4) is 0 Å². The Labute approximate surface area is 151 Å². The Morgan fingerprint density at radius 3 is 2.24 bits per heavy atom. The molecule has 0 saturated carbocycles. The summed E-state index contributed by atoms with van der Waals surface area (Å²) in [5.74, 6) is 0.672. The largest absolute Gasteiger partial charge is 0.322 e. The lowest BCUT2D eigenvalue weighted by Gasteiger charge is -2.11. The van der Waals surface area contributed by atoms with Crippen molar-refractivity contribution in [1.29, 1.82) is 0 Å². The van der Waals surface area contributed by atoms with E-state index >= 15 is 0 Å². The van der Waals surface area contributed by atoms with Gasteiger partial charge in [0.25, 0.3) is 5.91 Å². The Kier molecular flexibility index (Phi) is 5.46. The normalized spacial score (nSPS) is 10.5. The van der Waals surface area contributed by atoms with Gasteiger partial charge in [0.05, 0.1) is 0 Å². The lowest BCUT2D eigenvalue weighted by molar-refractivity contribution is 0.102. The maximum absolute atomic E-state index is 12.5. The Morgan fingerprint density at radius 2 is 1.60 bits per heavy atom. The molecule has 0 radical (unpaired) electrons. The highest BCUT2D eigenvalue weighted by Gasteiger charge is 2.09. The van der Waals surface area contributed by atoms with Gasteiger partial charge in [0, 0.05) is 29.4 Å². The maximum atomic E-state index is 12.5. The predicted octanol–water partition coefficient (Wildman–Crippen LogP) is 4.64. The van der Waals surface area contributed by atoms with Crippen LogP contribution in [0.3, 0.4) is 0 Å². The zero-order valence-corrected chi connectivity index (χ0v) is 15.0. The molecule has 0 aliphatic rings. The number of nitrogens with zero attached hydrogens (tertiary/aromatic N) is 2. The molecule has 0 saturated heterocycles. The van der Waals surface area contributed by atoms with Crippen LogP contribution >= 0.6 is 11.8 Å². The number of hydrogen-bond acceptors (Lipinski definition) is 4. The summed E-state index contributed by atoms with van der Waals surface area (Å²) in [6.07, 6.45) is 3.46. The zero-order chi connectivity index (χ0) is 17.6. The fourth-order valence-electron chi connectivity index (χ4n) is 2.46. The molecule has 0 bridgehead atoms. The topological polar surface area (TPSA) is 54.9 Å². The number of thioether (sulfide) groups is 1. The van der Waals surface area contributed by atoms with Crippen molar-refractivity contribution in [2.45, 2.75) is 24.8 Å². The summed E-state index contributed by atoms with van der Waals surface area (Å²) >= 11 is 1.57. The minimum atomic E-state index is -0.0944. The molecule has 1 aromatic heterocycles. The lowest BCUT2D eigenvalue weighted by Crippen LogP contribution is -2.13. The molecule has 0 unspecified atom stereocenters. The molecule has 1 heterocycles. The second-order valence-corrected chi connectivity index (χ2v) is 6.68. The third-order valence-corrected chi connectivity index (χ3v) is 4.79. The number of carbonyl (C=O) groups excluding carboxylic acids is 1. The number of anilines is 1. The smallest absolute Gasteiger partial charge is 0.255 e. The molecule has 0 fully saturated rings.